The fraction of sp³-hybridized carbons (Fsp3) is 0.615. The summed E-state index contributed by atoms with van der Waals surface area (Å²) in [7, 11) is 5.72. The van der Waals surface area contributed by atoms with Crippen LogP contribution in [0.2, 0.25) is 0 Å². The van der Waals surface area contributed by atoms with Gasteiger partial charge in [0.25, 0.3) is 0 Å². The second-order valence-corrected chi connectivity index (χ2v) is 5.22. The van der Waals surface area contributed by atoms with Crippen LogP contribution in [0.1, 0.15) is 12.8 Å². The van der Waals surface area contributed by atoms with Gasteiger partial charge in [-0.3, -0.25) is 10.1 Å². The zero-order chi connectivity index (χ0) is 14.7. The average Bonchev–Trinajstić information content (AvgIpc) is 2.45. The molecule has 0 spiro atoms. The molecular formula is C13H21N5O2. The van der Waals surface area contributed by atoms with Gasteiger partial charge in [-0.15, -0.1) is 0 Å². The number of likely N-dealkylation sites (N-methyl/N-ethyl adjacent to an activating group) is 2. The first-order valence-electron chi connectivity index (χ1n) is 6.77. The lowest BCUT2D eigenvalue weighted by Gasteiger charge is -2.36. The fourth-order valence-electron chi connectivity index (χ4n) is 2.61. The first kappa shape index (κ1) is 14.5. The summed E-state index contributed by atoms with van der Waals surface area (Å²) in [4.78, 5) is 19.4. The third kappa shape index (κ3) is 2.98. The van der Waals surface area contributed by atoms with Gasteiger partial charge in [0, 0.05) is 32.7 Å². The molecule has 0 aliphatic carbocycles. The van der Waals surface area contributed by atoms with Crippen LogP contribution in [-0.2, 0) is 0 Å². The number of hydrogen-bond acceptors (Lipinski definition) is 6. The van der Waals surface area contributed by atoms with Crippen molar-refractivity contribution < 1.29 is 4.92 Å². The number of aromatic nitrogens is 1. The Bertz CT molecular complexity index is 494. The van der Waals surface area contributed by atoms with E-state index in [1.165, 1.54) is 6.07 Å². The Morgan fingerprint density at radius 3 is 2.90 bits per heavy atom. The average molecular weight is 279 g/mol. The van der Waals surface area contributed by atoms with Gasteiger partial charge in [0.15, 0.2) is 0 Å². The lowest BCUT2D eigenvalue weighted by molar-refractivity contribution is -0.384. The molecule has 0 aromatic carbocycles. The molecule has 110 valence electrons. The molecule has 7 heteroatoms. The fourth-order valence-corrected chi connectivity index (χ4v) is 2.61. The Morgan fingerprint density at radius 1 is 1.55 bits per heavy atom. The first-order valence-corrected chi connectivity index (χ1v) is 6.77. The summed E-state index contributed by atoms with van der Waals surface area (Å²) in [6.07, 6.45) is 2.13. The number of pyridine rings is 1. The lowest BCUT2D eigenvalue weighted by atomic mass is 10.0. The summed E-state index contributed by atoms with van der Waals surface area (Å²) in [5.41, 5.74) is 0.0553. The molecule has 1 fully saturated rings. The van der Waals surface area contributed by atoms with Crippen LogP contribution in [0.15, 0.2) is 12.1 Å². The third-order valence-electron chi connectivity index (χ3n) is 3.79. The molecule has 1 aromatic heterocycles. The molecule has 2 rings (SSSR count). The van der Waals surface area contributed by atoms with Gasteiger partial charge in [-0.1, -0.05) is 0 Å². The van der Waals surface area contributed by atoms with E-state index in [1.807, 2.05) is 11.9 Å². The Morgan fingerprint density at radius 2 is 2.30 bits per heavy atom. The molecule has 0 bridgehead atoms. The number of piperidine rings is 1. The summed E-state index contributed by atoms with van der Waals surface area (Å²) in [5, 5.41) is 14.1. The molecule has 0 amide bonds. The maximum absolute atomic E-state index is 11.2. The van der Waals surface area contributed by atoms with Crippen molar-refractivity contribution in [2.24, 2.45) is 0 Å². The van der Waals surface area contributed by atoms with E-state index in [1.54, 1.807) is 13.1 Å². The minimum Gasteiger partial charge on any atom is -0.373 e. The highest BCUT2D eigenvalue weighted by atomic mass is 16.6. The van der Waals surface area contributed by atoms with Gasteiger partial charge in [-0.25, -0.2) is 4.98 Å². The topological polar surface area (TPSA) is 74.5 Å². The number of likely N-dealkylation sites (tertiary alicyclic amines) is 1. The Labute approximate surface area is 118 Å². The monoisotopic (exact) mass is 279 g/mol. The van der Waals surface area contributed by atoms with E-state index < -0.39 is 0 Å². The van der Waals surface area contributed by atoms with Crippen LogP contribution >= 0.6 is 0 Å². The molecule has 1 N–H and O–H groups in total. The van der Waals surface area contributed by atoms with Crippen molar-refractivity contribution in [3.63, 3.8) is 0 Å². The van der Waals surface area contributed by atoms with Gasteiger partial charge in [0.05, 0.1) is 4.92 Å². The summed E-state index contributed by atoms with van der Waals surface area (Å²) in [6.45, 7) is 1.98. The predicted molar refractivity (Wildman–Crippen MR) is 79.4 cm³/mol. The summed E-state index contributed by atoms with van der Waals surface area (Å²) >= 11 is 0. The summed E-state index contributed by atoms with van der Waals surface area (Å²) in [5.74, 6) is 1.07. The van der Waals surface area contributed by atoms with E-state index in [2.05, 4.69) is 22.2 Å². The summed E-state index contributed by atoms with van der Waals surface area (Å²) in [6, 6.07) is 3.40. The highest BCUT2D eigenvalue weighted by Crippen LogP contribution is 2.29. The van der Waals surface area contributed by atoms with Crippen LogP contribution in [-0.4, -0.2) is 55.1 Å². The molecular weight excluding hydrogens is 258 g/mol. The quantitative estimate of drug-likeness (QED) is 0.666. The van der Waals surface area contributed by atoms with Crippen LogP contribution in [0, 0.1) is 10.1 Å². The molecule has 1 atom stereocenters. The standard InChI is InChI=1S/C13H21N5O2/c1-14-12-7-6-11(18(19)20)13(15-12)17(3)10-5-4-8-16(2)9-10/h6-7,10H,4-5,8-9H2,1-3H3,(H,14,15). The zero-order valence-electron chi connectivity index (χ0n) is 12.2. The van der Waals surface area contributed by atoms with E-state index in [9.17, 15) is 10.1 Å². The molecule has 7 nitrogen and oxygen atoms in total. The van der Waals surface area contributed by atoms with E-state index in [0.29, 0.717) is 11.6 Å². The number of hydrogen-bond donors (Lipinski definition) is 1. The highest BCUT2D eigenvalue weighted by Gasteiger charge is 2.27. The Balaban J connectivity index is 2.31. The van der Waals surface area contributed by atoms with Gasteiger partial charge < -0.3 is 15.1 Å². The Hall–Kier alpha value is -1.89. The molecule has 2 heterocycles. The van der Waals surface area contributed by atoms with E-state index in [0.717, 1.165) is 25.9 Å². The molecule has 1 aliphatic rings. The Kier molecular flexibility index (Phi) is 4.39. The number of nitrogens with one attached hydrogen (secondary N) is 1. The number of anilines is 2. The van der Waals surface area contributed by atoms with E-state index >= 15 is 0 Å². The maximum Gasteiger partial charge on any atom is 0.311 e. The minimum atomic E-state index is -0.370. The molecule has 1 aromatic rings. The predicted octanol–water partition coefficient (Wildman–Crippen LogP) is 1.56. The number of nitrogens with zero attached hydrogens (tertiary/aromatic N) is 4. The molecule has 20 heavy (non-hydrogen) atoms. The van der Waals surface area contributed by atoms with E-state index in [4.69, 9.17) is 0 Å². The second kappa shape index (κ2) is 6.04. The van der Waals surface area contributed by atoms with Gasteiger partial charge in [-0.2, -0.15) is 0 Å². The third-order valence-corrected chi connectivity index (χ3v) is 3.79. The van der Waals surface area contributed by atoms with Crippen LogP contribution in [0.3, 0.4) is 0 Å². The first-order chi connectivity index (χ1) is 9.52. The number of rotatable bonds is 4. The largest absolute Gasteiger partial charge is 0.373 e. The van der Waals surface area contributed by atoms with Crippen LogP contribution < -0.4 is 10.2 Å². The van der Waals surface area contributed by atoms with Crippen molar-refractivity contribution in [3.8, 4) is 0 Å². The normalized spacial score (nSPS) is 19.6. The van der Waals surface area contributed by atoms with Gasteiger partial charge in [0.1, 0.15) is 5.82 Å². The van der Waals surface area contributed by atoms with Crippen molar-refractivity contribution in [2.45, 2.75) is 18.9 Å². The second-order valence-electron chi connectivity index (χ2n) is 5.22. The SMILES string of the molecule is CNc1ccc([N+](=O)[O-])c(N(C)C2CCCN(C)C2)n1. The molecule has 1 saturated heterocycles. The number of nitro groups is 1. The van der Waals surface area contributed by atoms with Crippen molar-refractivity contribution in [1.29, 1.82) is 0 Å². The van der Waals surface area contributed by atoms with Crippen molar-refractivity contribution in [3.05, 3.63) is 22.2 Å². The van der Waals surface area contributed by atoms with Gasteiger partial charge >= 0.3 is 5.69 Å². The summed E-state index contributed by atoms with van der Waals surface area (Å²) < 4.78 is 0. The van der Waals surface area contributed by atoms with Gasteiger partial charge in [0.2, 0.25) is 5.82 Å². The van der Waals surface area contributed by atoms with Crippen LogP contribution in [0.5, 0.6) is 0 Å². The van der Waals surface area contributed by atoms with Gasteiger partial charge in [-0.05, 0) is 32.5 Å². The minimum absolute atomic E-state index is 0.0553. The molecule has 1 unspecified atom stereocenters. The molecule has 1 aliphatic heterocycles. The van der Waals surface area contributed by atoms with Crippen molar-refractivity contribution in [2.75, 3.05) is 44.4 Å². The van der Waals surface area contributed by atoms with Crippen molar-refractivity contribution >= 4 is 17.3 Å². The molecule has 0 radical (unpaired) electrons. The molecule has 0 saturated carbocycles. The zero-order valence-corrected chi connectivity index (χ0v) is 12.2. The van der Waals surface area contributed by atoms with E-state index in [-0.39, 0.29) is 16.7 Å². The van der Waals surface area contributed by atoms with Crippen molar-refractivity contribution in [1.82, 2.24) is 9.88 Å². The lowest BCUT2D eigenvalue weighted by Crippen LogP contribution is -2.45. The maximum atomic E-state index is 11.2. The highest BCUT2D eigenvalue weighted by molar-refractivity contribution is 5.62. The smallest absolute Gasteiger partial charge is 0.311 e. The van der Waals surface area contributed by atoms with Crippen LogP contribution in [0.25, 0.3) is 0 Å². The van der Waals surface area contributed by atoms with Crippen LogP contribution in [0.4, 0.5) is 17.3 Å².